The van der Waals surface area contributed by atoms with Crippen molar-refractivity contribution in [2.24, 2.45) is 16.6 Å². The number of hydrogen-bond donors (Lipinski definition) is 3. The standard InChI is InChI=1S/C28H34N6O3S/c29-26(20-4-2-1-3-5-20)38-28(30)32-27(36)21-8-11-24(37-18-19-6-7-19)23(16-21)31-25(35)17-33-12-14-34(15-13-33)22-9-10-22/h1-5,8,11,16,19,22,29H,6-7,9-10,12-15,17-18H2,(H,31,35)(H2,30,32,36). The van der Waals surface area contributed by atoms with Crippen molar-refractivity contribution in [2.75, 3.05) is 44.6 Å². The maximum absolute atomic E-state index is 12.9. The Morgan fingerprint density at radius 1 is 1.03 bits per heavy atom. The van der Waals surface area contributed by atoms with E-state index in [0.717, 1.165) is 56.8 Å². The largest absolute Gasteiger partial charge is 0.491 e. The first-order chi connectivity index (χ1) is 18.4. The average Bonchev–Trinajstić information content (AvgIpc) is 3.83. The van der Waals surface area contributed by atoms with Gasteiger partial charge in [0.05, 0.1) is 18.8 Å². The normalized spacial score (nSPS) is 18.7. The number of benzene rings is 2. The van der Waals surface area contributed by atoms with Gasteiger partial charge in [-0.3, -0.25) is 24.8 Å². The molecule has 0 radical (unpaired) electrons. The summed E-state index contributed by atoms with van der Waals surface area (Å²) in [6.45, 7) is 4.62. The van der Waals surface area contributed by atoms with E-state index in [1.165, 1.54) is 12.8 Å². The van der Waals surface area contributed by atoms with Crippen LogP contribution in [0.25, 0.3) is 0 Å². The smallest absolute Gasteiger partial charge is 0.279 e. The number of nitrogens with zero attached hydrogens (tertiary/aromatic N) is 3. The summed E-state index contributed by atoms with van der Waals surface area (Å²) in [6.07, 6.45) is 4.88. The van der Waals surface area contributed by atoms with Gasteiger partial charge >= 0.3 is 0 Å². The van der Waals surface area contributed by atoms with Gasteiger partial charge in [0.1, 0.15) is 10.8 Å². The number of amidine groups is 1. The molecule has 3 aliphatic rings. The lowest BCUT2D eigenvalue weighted by molar-refractivity contribution is -0.117. The fourth-order valence-electron chi connectivity index (χ4n) is 4.44. The van der Waals surface area contributed by atoms with E-state index < -0.39 is 5.91 Å². The van der Waals surface area contributed by atoms with Crippen LogP contribution in [0, 0.1) is 11.3 Å². The van der Waals surface area contributed by atoms with Crippen LogP contribution in [0.5, 0.6) is 5.75 Å². The van der Waals surface area contributed by atoms with Crippen LogP contribution in [0.1, 0.15) is 41.6 Å². The molecule has 3 fully saturated rings. The number of anilines is 1. The van der Waals surface area contributed by atoms with E-state index in [1.54, 1.807) is 30.3 Å². The average molecular weight is 535 g/mol. The summed E-state index contributed by atoms with van der Waals surface area (Å²) < 4.78 is 5.98. The van der Waals surface area contributed by atoms with Crippen LogP contribution in [0.3, 0.4) is 0 Å². The Hall–Kier alpha value is -3.21. The Morgan fingerprint density at radius 3 is 2.45 bits per heavy atom. The van der Waals surface area contributed by atoms with E-state index in [1.807, 2.05) is 18.2 Å². The van der Waals surface area contributed by atoms with Gasteiger partial charge < -0.3 is 15.8 Å². The molecule has 0 aromatic heterocycles. The molecule has 9 nitrogen and oxygen atoms in total. The fraction of sp³-hybridized carbons (Fsp3) is 0.429. The maximum Gasteiger partial charge on any atom is 0.279 e. The van der Waals surface area contributed by atoms with Gasteiger partial charge in [-0.05, 0) is 61.6 Å². The highest BCUT2D eigenvalue weighted by Crippen LogP contribution is 2.33. The molecule has 1 aliphatic heterocycles. The monoisotopic (exact) mass is 534 g/mol. The van der Waals surface area contributed by atoms with Crippen molar-refractivity contribution in [2.45, 2.75) is 31.7 Å². The van der Waals surface area contributed by atoms with Gasteiger partial charge in [-0.15, -0.1) is 0 Å². The van der Waals surface area contributed by atoms with Crippen molar-refractivity contribution in [1.82, 2.24) is 9.80 Å². The van der Waals surface area contributed by atoms with Gasteiger partial charge in [0, 0.05) is 43.3 Å². The third kappa shape index (κ3) is 7.43. The van der Waals surface area contributed by atoms with Gasteiger partial charge in [-0.25, -0.2) is 0 Å². The van der Waals surface area contributed by atoms with Gasteiger partial charge in [-0.2, -0.15) is 4.99 Å². The molecule has 10 heteroatoms. The summed E-state index contributed by atoms with van der Waals surface area (Å²) in [5, 5.41) is 11.3. The first kappa shape index (κ1) is 26.4. The second kappa shape index (κ2) is 12.1. The number of piperazine rings is 1. The number of rotatable bonds is 9. The number of amides is 2. The summed E-state index contributed by atoms with van der Waals surface area (Å²) in [6, 6.07) is 14.8. The number of carbonyl (C=O) groups excluding carboxylic acids is 2. The quantitative estimate of drug-likeness (QED) is 0.333. The fourth-order valence-corrected chi connectivity index (χ4v) is 5.03. The van der Waals surface area contributed by atoms with E-state index in [-0.39, 0.29) is 21.7 Å². The van der Waals surface area contributed by atoms with Crippen molar-refractivity contribution < 1.29 is 14.3 Å². The predicted octanol–water partition coefficient (Wildman–Crippen LogP) is 3.41. The summed E-state index contributed by atoms with van der Waals surface area (Å²) >= 11 is 0.924. The molecule has 2 aromatic carbocycles. The molecule has 1 heterocycles. The molecule has 2 amide bonds. The van der Waals surface area contributed by atoms with Crippen LogP contribution >= 0.6 is 11.8 Å². The lowest BCUT2D eigenvalue weighted by Gasteiger charge is -2.34. The minimum Gasteiger partial charge on any atom is -0.491 e. The molecule has 1 saturated heterocycles. The van der Waals surface area contributed by atoms with Gasteiger partial charge in [0.25, 0.3) is 5.91 Å². The highest BCUT2D eigenvalue weighted by atomic mass is 32.2. The van der Waals surface area contributed by atoms with Crippen molar-refractivity contribution in [3.8, 4) is 5.75 Å². The second-order valence-corrected chi connectivity index (χ2v) is 11.1. The molecule has 5 rings (SSSR count). The van der Waals surface area contributed by atoms with Gasteiger partial charge in [0.2, 0.25) is 5.91 Å². The SMILES string of the molecule is N=C(SC(N)=NC(=O)c1ccc(OCC2CC2)c(NC(=O)CN2CCN(C3CC3)CC2)c1)c1ccccc1. The molecule has 2 saturated carbocycles. The molecule has 0 spiro atoms. The van der Waals surface area contributed by atoms with Crippen molar-refractivity contribution >= 4 is 39.5 Å². The maximum atomic E-state index is 12.9. The first-order valence-electron chi connectivity index (χ1n) is 13.2. The predicted molar refractivity (Wildman–Crippen MR) is 151 cm³/mol. The molecule has 0 bridgehead atoms. The van der Waals surface area contributed by atoms with E-state index in [0.29, 0.717) is 36.1 Å². The van der Waals surface area contributed by atoms with Crippen molar-refractivity contribution in [1.29, 1.82) is 5.41 Å². The van der Waals surface area contributed by atoms with Crippen LogP contribution in [0.4, 0.5) is 5.69 Å². The first-order valence-corrected chi connectivity index (χ1v) is 14.0. The molecule has 4 N–H and O–H groups in total. The molecule has 38 heavy (non-hydrogen) atoms. The second-order valence-electron chi connectivity index (χ2n) is 10.1. The molecular weight excluding hydrogens is 500 g/mol. The highest BCUT2D eigenvalue weighted by Gasteiger charge is 2.31. The Morgan fingerprint density at radius 2 is 1.76 bits per heavy atom. The molecule has 200 valence electrons. The third-order valence-corrected chi connectivity index (χ3v) is 7.70. The van der Waals surface area contributed by atoms with Crippen LogP contribution in [0.2, 0.25) is 0 Å². The van der Waals surface area contributed by atoms with Crippen LogP contribution in [0.15, 0.2) is 53.5 Å². The van der Waals surface area contributed by atoms with E-state index in [4.69, 9.17) is 15.9 Å². The topological polar surface area (TPSA) is 124 Å². The molecule has 2 aromatic rings. The summed E-state index contributed by atoms with van der Waals surface area (Å²) in [4.78, 5) is 34.5. The lowest BCUT2D eigenvalue weighted by atomic mass is 10.1. The van der Waals surface area contributed by atoms with Crippen LogP contribution in [-0.2, 0) is 4.79 Å². The highest BCUT2D eigenvalue weighted by molar-refractivity contribution is 8.26. The summed E-state index contributed by atoms with van der Waals surface area (Å²) in [5.74, 6) is 0.401. The zero-order valence-electron chi connectivity index (χ0n) is 21.4. The minimum absolute atomic E-state index is 0.0196. The minimum atomic E-state index is -0.545. The number of nitrogens with two attached hydrogens (primary N) is 1. The Balaban J connectivity index is 1.23. The van der Waals surface area contributed by atoms with Gasteiger partial charge in [0.15, 0.2) is 5.17 Å². The Kier molecular flexibility index (Phi) is 8.41. The van der Waals surface area contributed by atoms with Crippen LogP contribution < -0.4 is 15.8 Å². The number of carbonyl (C=O) groups is 2. The van der Waals surface area contributed by atoms with E-state index in [2.05, 4.69) is 20.1 Å². The molecule has 2 aliphatic carbocycles. The Labute approximate surface area is 227 Å². The number of ether oxygens (including phenoxy) is 1. The molecular formula is C28H34N6O3S. The zero-order valence-corrected chi connectivity index (χ0v) is 22.2. The van der Waals surface area contributed by atoms with E-state index in [9.17, 15) is 9.59 Å². The summed E-state index contributed by atoms with van der Waals surface area (Å²) in [7, 11) is 0. The third-order valence-electron chi connectivity index (χ3n) is 6.96. The number of nitrogens with one attached hydrogen (secondary N) is 2. The number of thioether (sulfide) groups is 1. The number of hydrogen-bond acceptors (Lipinski definition) is 7. The number of aliphatic imine (C=N–C) groups is 1. The lowest BCUT2D eigenvalue weighted by Crippen LogP contribution is -2.49. The zero-order chi connectivity index (χ0) is 26.5. The molecule has 0 atom stereocenters. The van der Waals surface area contributed by atoms with Gasteiger partial charge in [-0.1, -0.05) is 30.3 Å². The van der Waals surface area contributed by atoms with Crippen LogP contribution in [-0.4, -0.2) is 77.2 Å². The van der Waals surface area contributed by atoms with E-state index >= 15 is 0 Å². The Bertz CT molecular complexity index is 1200. The molecule has 0 unspecified atom stereocenters. The van der Waals surface area contributed by atoms with Crippen molar-refractivity contribution in [3.05, 3.63) is 59.7 Å². The summed E-state index contributed by atoms with van der Waals surface area (Å²) in [5.41, 5.74) is 7.40. The van der Waals surface area contributed by atoms with Crippen molar-refractivity contribution in [3.63, 3.8) is 0 Å².